The minimum Gasteiger partial charge on any atom is -0.330 e. The van der Waals surface area contributed by atoms with E-state index >= 15 is 0 Å². The fraction of sp³-hybridized carbons (Fsp3) is 0.167. The minimum atomic E-state index is -4.66. The number of halogens is 4. The molecule has 0 aliphatic rings. The molecule has 3 heterocycles. The van der Waals surface area contributed by atoms with Gasteiger partial charge < -0.3 is 9.09 Å². The molecule has 0 fully saturated rings. The summed E-state index contributed by atoms with van der Waals surface area (Å²) in [5, 5.41) is 3.30. The third-order valence-corrected chi connectivity index (χ3v) is 3.11. The van der Waals surface area contributed by atoms with E-state index in [0.29, 0.717) is 22.4 Å². The van der Waals surface area contributed by atoms with E-state index in [1.165, 1.54) is 6.20 Å². The average molecular weight is 374 g/mol. The molecule has 3 aromatic heterocycles. The number of hydrogen-bond acceptors (Lipinski definition) is 5. The summed E-state index contributed by atoms with van der Waals surface area (Å²) >= 11 is 3.23. The van der Waals surface area contributed by atoms with Crippen molar-refractivity contribution in [3.05, 3.63) is 47.0 Å². The van der Waals surface area contributed by atoms with Crippen LogP contribution in [0.15, 0.2) is 40.0 Å². The van der Waals surface area contributed by atoms with E-state index in [2.05, 4.69) is 40.6 Å². The van der Waals surface area contributed by atoms with E-state index in [0.717, 1.165) is 0 Å². The number of nitrogens with zero attached hydrogens (tertiary/aromatic N) is 5. The van der Waals surface area contributed by atoms with Gasteiger partial charge in [-0.05, 0) is 28.1 Å². The van der Waals surface area contributed by atoms with Crippen LogP contribution >= 0.6 is 15.9 Å². The summed E-state index contributed by atoms with van der Waals surface area (Å²) in [5.74, 6) is -1.54. The number of alkyl halides is 3. The predicted molar refractivity (Wildman–Crippen MR) is 71.6 cm³/mol. The summed E-state index contributed by atoms with van der Waals surface area (Å²) in [6.45, 7) is 0.485. The lowest BCUT2D eigenvalue weighted by molar-refractivity contribution is -0.159. The molecule has 10 heteroatoms. The van der Waals surface area contributed by atoms with Crippen molar-refractivity contribution < 1.29 is 17.7 Å². The van der Waals surface area contributed by atoms with Gasteiger partial charge in [-0.1, -0.05) is 5.16 Å². The first-order chi connectivity index (χ1) is 10.4. The molecule has 3 aromatic rings. The van der Waals surface area contributed by atoms with E-state index in [1.54, 1.807) is 24.7 Å². The van der Waals surface area contributed by atoms with Crippen LogP contribution in [0.3, 0.4) is 0 Å². The van der Waals surface area contributed by atoms with Crippen molar-refractivity contribution in [3.63, 3.8) is 0 Å². The molecule has 0 atom stereocenters. The average Bonchev–Trinajstić information content (AvgIpc) is 3.08. The summed E-state index contributed by atoms with van der Waals surface area (Å²) in [4.78, 5) is 11.5. The Hall–Kier alpha value is -2.23. The molecule has 114 valence electrons. The molecule has 0 aliphatic heterocycles. The Labute approximate surface area is 130 Å². The summed E-state index contributed by atoms with van der Waals surface area (Å²) < 4.78 is 43.9. The molecule has 0 unspecified atom stereocenters. The van der Waals surface area contributed by atoms with Gasteiger partial charge in [-0.3, -0.25) is 4.98 Å². The van der Waals surface area contributed by atoms with E-state index in [4.69, 9.17) is 0 Å². The molecule has 0 saturated carbocycles. The van der Waals surface area contributed by atoms with E-state index < -0.39 is 12.1 Å². The van der Waals surface area contributed by atoms with Gasteiger partial charge in [-0.2, -0.15) is 18.2 Å². The zero-order chi connectivity index (χ0) is 15.7. The van der Waals surface area contributed by atoms with Crippen molar-refractivity contribution in [2.75, 3.05) is 0 Å². The van der Waals surface area contributed by atoms with E-state index in [9.17, 15) is 13.2 Å². The molecule has 0 bridgehead atoms. The molecule has 6 nitrogen and oxygen atoms in total. The lowest BCUT2D eigenvalue weighted by atomic mass is 10.2. The molecular weight excluding hydrogens is 367 g/mol. The number of aromatic nitrogens is 5. The molecule has 22 heavy (non-hydrogen) atoms. The minimum absolute atomic E-state index is 0.156. The fourth-order valence-corrected chi connectivity index (χ4v) is 2.07. The quantitative estimate of drug-likeness (QED) is 0.705. The molecule has 0 radical (unpaired) electrons. The van der Waals surface area contributed by atoms with Crippen LogP contribution in [0.2, 0.25) is 0 Å². The van der Waals surface area contributed by atoms with Gasteiger partial charge in [0.05, 0.1) is 18.6 Å². The van der Waals surface area contributed by atoms with Crippen LogP contribution in [0.25, 0.3) is 11.4 Å². The van der Waals surface area contributed by atoms with Gasteiger partial charge in [0.1, 0.15) is 4.60 Å². The van der Waals surface area contributed by atoms with Crippen LogP contribution in [0, 0.1) is 0 Å². The molecule has 0 spiro atoms. The molecule has 0 aliphatic carbocycles. The molecule has 3 rings (SSSR count). The maximum atomic E-state index is 12.4. The Bertz CT molecular complexity index is 781. The Morgan fingerprint density at radius 2 is 2.05 bits per heavy atom. The van der Waals surface area contributed by atoms with Crippen molar-refractivity contribution in [2.45, 2.75) is 12.7 Å². The highest BCUT2D eigenvalue weighted by molar-refractivity contribution is 9.10. The van der Waals surface area contributed by atoms with Crippen molar-refractivity contribution in [2.24, 2.45) is 0 Å². The first-order valence-corrected chi connectivity index (χ1v) is 6.74. The van der Waals surface area contributed by atoms with Gasteiger partial charge in [0.25, 0.3) is 0 Å². The number of rotatable bonds is 3. The van der Waals surface area contributed by atoms with Crippen LogP contribution < -0.4 is 0 Å². The number of imidazole rings is 1. The van der Waals surface area contributed by atoms with Gasteiger partial charge in [0.2, 0.25) is 5.82 Å². The highest BCUT2D eigenvalue weighted by Gasteiger charge is 2.38. The van der Waals surface area contributed by atoms with E-state index in [1.807, 2.05) is 4.57 Å². The Balaban J connectivity index is 1.78. The zero-order valence-electron chi connectivity index (χ0n) is 10.8. The van der Waals surface area contributed by atoms with Gasteiger partial charge in [-0.15, -0.1) is 0 Å². The molecule has 0 N–H and O–H groups in total. The van der Waals surface area contributed by atoms with E-state index in [-0.39, 0.29) is 5.82 Å². The van der Waals surface area contributed by atoms with Crippen molar-refractivity contribution >= 4 is 15.9 Å². The number of hydrogen-bond donors (Lipinski definition) is 0. The summed E-state index contributed by atoms with van der Waals surface area (Å²) in [6, 6.07) is 3.26. The number of pyridine rings is 1. The maximum absolute atomic E-state index is 12.4. The van der Waals surface area contributed by atoms with Crippen LogP contribution in [-0.4, -0.2) is 24.7 Å². The molecule has 0 amide bonds. The summed E-state index contributed by atoms with van der Waals surface area (Å²) in [6.07, 6.45) is 0.151. The molecule has 0 aromatic carbocycles. The van der Waals surface area contributed by atoms with Gasteiger partial charge in [0, 0.05) is 18.0 Å². The largest absolute Gasteiger partial charge is 0.471 e. The third-order valence-electron chi connectivity index (χ3n) is 2.70. The van der Waals surface area contributed by atoms with Crippen LogP contribution in [0.1, 0.15) is 11.6 Å². The second kappa shape index (κ2) is 5.52. The summed E-state index contributed by atoms with van der Waals surface area (Å²) in [5.41, 5.74) is 1.06. The lowest BCUT2D eigenvalue weighted by Crippen LogP contribution is -2.04. The Morgan fingerprint density at radius 3 is 2.59 bits per heavy atom. The van der Waals surface area contributed by atoms with Crippen LogP contribution in [-0.2, 0) is 12.7 Å². The van der Waals surface area contributed by atoms with Crippen molar-refractivity contribution in [3.8, 4) is 11.4 Å². The highest BCUT2D eigenvalue weighted by Crippen LogP contribution is 2.29. The SMILES string of the molecule is FC(F)(F)c1nc(-c2ccc(Cn3cnc(Br)c3)nc2)no1. The second-order valence-electron chi connectivity index (χ2n) is 4.33. The van der Waals surface area contributed by atoms with Gasteiger partial charge >= 0.3 is 12.1 Å². The summed E-state index contributed by atoms with van der Waals surface area (Å²) in [7, 11) is 0. The first-order valence-electron chi connectivity index (χ1n) is 5.95. The predicted octanol–water partition coefficient (Wildman–Crippen LogP) is 3.16. The highest BCUT2D eigenvalue weighted by atomic mass is 79.9. The van der Waals surface area contributed by atoms with Crippen LogP contribution in [0.4, 0.5) is 13.2 Å². The Morgan fingerprint density at radius 1 is 1.23 bits per heavy atom. The fourth-order valence-electron chi connectivity index (χ4n) is 1.71. The Kier molecular flexibility index (Phi) is 3.69. The monoisotopic (exact) mass is 373 g/mol. The topological polar surface area (TPSA) is 69.6 Å². The van der Waals surface area contributed by atoms with Crippen LogP contribution in [0.5, 0.6) is 0 Å². The van der Waals surface area contributed by atoms with Gasteiger partial charge in [-0.25, -0.2) is 4.98 Å². The standard InChI is InChI=1S/C12H7BrF3N5O/c13-9-5-21(6-18-9)4-8-2-1-7(3-17-8)10-19-11(22-20-10)12(14,15)16/h1-3,5-6H,4H2. The van der Waals surface area contributed by atoms with Crippen molar-refractivity contribution in [1.82, 2.24) is 24.7 Å². The maximum Gasteiger partial charge on any atom is 0.471 e. The third kappa shape index (κ3) is 3.16. The molecule has 0 saturated heterocycles. The normalized spacial score (nSPS) is 11.8. The lowest BCUT2D eigenvalue weighted by Gasteiger charge is -2.02. The smallest absolute Gasteiger partial charge is 0.330 e. The first kappa shape index (κ1) is 14.7. The van der Waals surface area contributed by atoms with Gasteiger partial charge in [0.15, 0.2) is 0 Å². The zero-order valence-corrected chi connectivity index (χ0v) is 12.3. The second-order valence-corrected chi connectivity index (χ2v) is 5.14. The van der Waals surface area contributed by atoms with Crippen molar-refractivity contribution in [1.29, 1.82) is 0 Å². The molecular formula is C12H7BrF3N5O.